The van der Waals surface area contributed by atoms with Crippen LogP contribution < -0.4 is 0 Å². The Morgan fingerprint density at radius 1 is 1.00 bits per heavy atom. The molecule has 1 heteroatoms. The Labute approximate surface area is 84.5 Å². The molecule has 1 fully saturated rings. The molecule has 1 nitrogen and oxygen atoms in total. The van der Waals surface area contributed by atoms with Gasteiger partial charge in [-0.25, -0.2) is 0 Å². The smallest absolute Gasteiger partial charge is 0.00474 e. The highest BCUT2D eigenvalue weighted by atomic mass is 15.2. The summed E-state index contributed by atoms with van der Waals surface area (Å²) in [6.07, 6.45) is 5.58. The molecule has 1 heterocycles. The molecule has 0 atom stereocenters. The van der Waals surface area contributed by atoms with E-state index < -0.39 is 0 Å². The Morgan fingerprint density at radius 3 is 1.62 bits per heavy atom. The van der Waals surface area contributed by atoms with Gasteiger partial charge < -0.3 is 4.90 Å². The van der Waals surface area contributed by atoms with Crippen LogP contribution in [0.1, 0.15) is 53.4 Å². The van der Waals surface area contributed by atoms with Crippen molar-refractivity contribution in [3.05, 3.63) is 0 Å². The maximum Gasteiger partial charge on any atom is 0.00474 e. The molecule has 1 saturated heterocycles. The number of hydrogen-bond acceptors (Lipinski definition) is 1. The van der Waals surface area contributed by atoms with Crippen LogP contribution in [-0.2, 0) is 0 Å². The van der Waals surface area contributed by atoms with Crippen LogP contribution >= 0.6 is 0 Å². The fourth-order valence-electron chi connectivity index (χ4n) is 2.60. The second-order valence-electron chi connectivity index (χ2n) is 4.17. The van der Waals surface area contributed by atoms with E-state index in [1.807, 2.05) is 13.8 Å². The summed E-state index contributed by atoms with van der Waals surface area (Å²) in [4.78, 5) is 2.44. The fourth-order valence-corrected chi connectivity index (χ4v) is 2.60. The normalized spacial score (nSPS) is 20.1. The van der Waals surface area contributed by atoms with E-state index in [1.54, 1.807) is 0 Å². The van der Waals surface area contributed by atoms with Crippen molar-refractivity contribution in [2.75, 3.05) is 20.1 Å². The molecule has 0 amide bonds. The zero-order valence-electron chi connectivity index (χ0n) is 10.2. The Morgan fingerprint density at radius 2 is 1.38 bits per heavy atom. The Bertz CT molecular complexity index is 98.8. The van der Waals surface area contributed by atoms with Gasteiger partial charge in [-0.1, -0.05) is 40.5 Å². The highest BCUT2D eigenvalue weighted by Crippen LogP contribution is 2.38. The Hall–Kier alpha value is -0.0400. The molecule has 0 spiro atoms. The van der Waals surface area contributed by atoms with Crippen LogP contribution in [-0.4, -0.2) is 25.0 Å². The minimum Gasteiger partial charge on any atom is -0.305 e. The second-order valence-corrected chi connectivity index (χ2v) is 4.17. The maximum absolute atomic E-state index is 2.44. The molecule has 0 unspecified atom stereocenters. The SMILES string of the molecule is CC.CCCC1(CCC)CN(C)C1. The van der Waals surface area contributed by atoms with Crippen LogP contribution in [0.4, 0.5) is 0 Å². The van der Waals surface area contributed by atoms with Crippen LogP contribution in [0.15, 0.2) is 0 Å². The monoisotopic (exact) mass is 185 g/mol. The second kappa shape index (κ2) is 6.42. The van der Waals surface area contributed by atoms with Gasteiger partial charge in [0, 0.05) is 13.1 Å². The van der Waals surface area contributed by atoms with E-state index in [0.717, 1.165) is 5.41 Å². The van der Waals surface area contributed by atoms with Crippen LogP contribution in [0.3, 0.4) is 0 Å². The van der Waals surface area contributed by atoms with Gasteiger partial charge in [0.1, 0.15) is 0 Å². The summed E-state index contributed by atoms with van der Waals surface area (Å²) in [5.41, 5.74) is 0.720. The van der Waals surface area contributed by atoms with Crippen molar-refractivity contribution in [3.8, 4) is 0 Å². The van der Waals surface area contributed by atoms with Gasteiger partial charge in [-0.05, 0) is 25.3 Å². The maximum atomic E-state index is 2.44. The first-order valence-corrected chi connectivity index (χ1v) is 5.91. The number of likely N-dealkylation sites (tertiary alicyclic amines) is 1. The first kappa shape index (κ1) is 13.0. The summed E-state index contributed by atoms with van der Waals surface area (Å²) < 4.78 is 0. The van der Waals surface area contributed by atoms with Crippen molar-refractivity contribution in [1.29, 1.82) is 0 Å². The predicted octanol–water partition coefficient (Wildman–Crippen LogP) is 3.54. The minimum absolute atomic E-state index is 0.720. The highest BCUT2D eigenvalue weighted by molar-refractivity contribution is 4.92. The molecular formula is C12H27N. The molecule has 1 rings (SSSR count). The summed E-state index contributed by atoms with van der Waals surface area (Å²) in [7, 11) is 2.23. The summed E-state index contributed by atoms with van der Waals surface area (Å²) >= 11 is 0. The van der Waals surface area contributed by atoms with Crippen molar-refractivity contribution < 1.29 is 0 Å². The largest absolute Gasteiger partial charge is 0.305 e. The van der Waals surface area contributed by atoms with Gasteiger partial charge in [0.2, 0.25) is 0 Å². The summed E-state index contributed by atoms with van der Waals surface area (Å²) in [5, 5.41) is 0. The molecule has 0 N–H and O–H groups in total. The van der Waals surface area contributed by atoms with Crippen molar-refractivity contribution in [2.24, 2.45) is 5.41 Å². The summed E-state index contributed by atoms with van der Waals surface area (Å²) in [6, 6.07) is 0. The first-order valence-electron chi connectivity index (χ1n) is 5.91. The van der Waals surface area contributed by atoms with Gasteiger partial charge in [0.05, 0.1) is 0 Å². The third kappa shape index (κ3) is 3.68. The summed E-state index contributed by atoms with van der Waals surface area (Å²) in [5.74, 6) is 0. The predicted molar refractivity (Wildman–Crippen MR) is 61.1 cm³/mol. The lowest BCUT2D eigenvalue weighted by molar-refractivity contribution is 0.00570. The molecule has 0 radical (unpaired) electrons. The topological polar surface area (TPSA) is 3.24 Å². The Balaban J connectivity index is 0.000000671. The van der Waals surface area contributed by atoms with Crippen LogP contribution in [0.2, 0.25) is 0 Å². The van der Waals surface area contributed by atoms with E-state index in [4.69, 9.17) is 0 Å². The minimum atomic E-state index is 0.720. The molecule has 0 aromatic carbocycles. The van der Waals surface area contributed by atoms with Gasteiger partial charge in [0.15, 0.2) is 0 Å². The molecule has 0 saturated carbocycles. The van der Waals surface area contributed by atoms with E-state index in [-0.39, 0.29) is 0 Å². The number of rotatable bonds is 4. The average Bonchev–Trinajstić information content (AvgIpc) is 2.06. The third-order valence-corrected chi connectivity index (χ3v) is 2.77. The molecule has 1 aliphatic rings. The quantitative estimate of drug-likeness (QED) is 0.647. The molecule has 13 heavy (non-hydrogen) atoms. The van der Waals surface area contributed by atoms with Crippen molar-refractivity contribution in [1.82, 2.24) is 4.90 Å². The van der Waals surface area contributed by atoms with Crippen LogP contribution in [0.25, 0.3) is 0 Å². The van der Waals surface area contributed by atoms with E-state index in [1.165, 1.54) is 38.8 Å². The van der Waals surface area contributed by atoms with E-state index in [2.05, 4.69) is 25.8 Å². The number of hydrogen-bond donors (Lipinski definition) is 0. The third-order valence-electron chi connectivity index (χ3n) is 2.77. The van der Waals surface area contributed by atoms with Gasteiger partial charge >= 0.3 is 0 Å². The molecule has 1 aliphatic heterocycles. The van der Waals surface area contributed by atoms with Gasteiger partial charge in [0.25, 0.3) is 0 Å². The van der Waals surface area contributed by atoms with Crippen molar-refractivity contribution in [2.45, 2.75) is 53.4 Å². The zero-order valence-corrected chi connectivity index (χ0v) is 10.2. The van der Waals surface area contributed by atoms with Crippen LogP contribution in [0, 0.1) is 5.41 Å². The standard InChI is InChI=1S/C10H21N.C2H6/c1-4-6-10(7-5-2)8-11(3)9-10;1-2/h4-9H2,1-3H3;1-2H3. The Kier molecular flexibility index (Phi) is 6.40. The zero-order chi connectivity index (χ0) is 10.3. The van der Waals surface area contributed by atoms with Gasteiger partial charge in [-0.15, -0.1) is 0 Å². The number of nitrogens with zero attached hydrogens (tertiary/aromatic N) is 1. The van der Waals surface area contributed by atoms with Crippen molar-refractivity contribution in [3.63, 3.8) is 0 Å². The molecule has 0 bridgehead atoms. The molecule has 0 aliphatic carbocycles. The lowest BCUT2D eigenvalue weighted by Gasteiger charge is -2.49. The molecule has 80 valence electrons. The molecule has 0 aromatic heterocycles. The summed E-state index contributed by atoms with van der Waals surface area (Å²) in [6.45, 7) is 11.3. The van der Waals surface area contributed by atoms with Crippen molar-refractivity contribution >= 4 is 0 Å². The molecule has 0 aromatic rings. The van der Waals surface area contributed by atoms with Gasteiger partial charge in [-0.3, -0.25) is 0 Å². The van der Waals surface area contributed by atoms with E-state index in [0.29, 0.717) is 0 Å². The van der Waals surface area contributed by atoms with E-state index in [9.17, 15) is 0 Å². The van der Waals surface area contributed by atoms with Gasteiger partial charge in [-0.2, -0.15) is 0 Å². The highest BCUT2D eigenvalue weighted by Gasteiger charge is 2.38. The average molecular weight is 185 g/mol. The van der Waals surface area contributed by atoms with Crippen LogP contribution in [0.5, 0.6) is 0 Å². The fraction of sp³-hybridized carbons (Fsp3) is 1.00. The first-order chi connectivity index (χ1) is 6.22. The lowest BCUT2D eigenvalue weighted by Crippen LogP contribution is -2.53. The molecular weight excluding hydrogens is 158 g/mol. The van der Waals surface area contributed by atoms with E-state index >= 15 is 0 Å². The lowest BCUT2D eigenvalue weighted by atomic mass is 9.73.